The molecule has 0 aliphatic carbocycles. The second-order valence-electron chi connectivity index (χ2n) is 5.21. The van der Waals surface area contributed by atoms with Crippen LogP contribution in [0.25, 0.3) is 0 Å². The Labute approximate surface area is 98.5 Å². The van der Waals surface area contributed by atoms with Crippen LogP contribution in [0.5, 0.6) is 0 Å². The van der Waals surface area contributed by atoms with Crippen molar-refractivity contribution < 1.29 is 0 Å². The zero-order valence-corrected chi connectivity index (χ0v) is 10.7. The number of pyridine rings is 1. The van der Waals surface area contributed by atoms with Crippen molar-refractivity contribution >= 4 is 5.82 Å². The molecule has 0 spiro atoms. The van der Waals surface area contributed by atoms with Gasteiger partial charge >= 0.3 is 0 Å². The third-order valence-electron chi connectivity index (χ3n) is 2.65. The van der Waals surface area contributed by atoms with E-state index in [-0.39, 0.29) is 5.54 Å². The molecule has 1 rings (SSSR count). The highest BCUT2D eigenvalue weighted by Crippen LogP contribution is 2.20. The zero-order chi connectivity index (χ0) is 12.2. The van der Waals surface area contributed by atoms with Crippen molar-refractivity contribution in [2.24, 2.45) is 11.7 Å². The summed E-state index contributed by atoms with van der Waals surface area (Å²) in [7, 11) is 0. The van der Waals surface area contributed by atoms with Gasteiger partial charge < -0.3 is 11.1 Å². The van der Waals surface area contributed by atoms with Crippen LogP contribution in [0.3, 0.4) is 0 Å². The van der Waals surface area contributed by atoms with Crippen LogP contribution >= 0.6 is 0 Å². The van der Waals surface area contributed by atoms with Crippen LogP contribution in [0.15, 0.2) is 18.3 Å². The maximum Gasteiger partial charge on any atom is 0.126 e. The van der Waals surface area contributed by atoms with E-state index in [1.165, 1.54) is 5.56 Å². The van der Waals surface area contributed by atoms with E-state index in [1.807, 2.05) is 19.2 Å². The van der Waals surface area contributed by atoms with Crippen LogP contribution in [0.4, 0.5) is 5.82 Å². The van der Waals surface area contributed by atoms with Crippen molar-refractivity contribution in [2.75, 3.05) is 11.9 Å². The van der Waals surface area contributed by atoms with Crippen LogP contribution < -0.4 is 11.1 Å². The molecular formula is C13H23N3. The highest BCUT2D eigenvalue weighted by Gasteiger charge is 2.23. The first-order chi connectivity index (χ1) is 7.45. The topological polar surface area (TPSA) is 50.9 Å². The van der Waals surface area contributed by atoms with E-state index >= 15 is 0 Å². The number of rotatable bonds is 5. The summed E-state index contributed by atoms with van der Waals surface area (Å²) in [6.07, 6.45) is 2.91. The van der Waals surface area contributed by atoms with Crippen molar-refractivity contribution in [3.8, 4) is 0 Å². The van der Waals surface area contributed by atoms with Crippen molar-refractivity contribution in [1.29, 1.82) is 0 Å². The lowest BCUT2D eigenvalue weighted by molar-refractivity contribution is 0.406. The highest BCUT2D eigenvalue weighted by molar-refractivity contribution is 5.38. The van der Waals surface area contributed by atoms with Crippen molar-refractivity contribution in [3.63, 3.8) is 0 Å². The fourth-order valence-electron chi connectivity index (χ4n) is 1.94. The maximum atomic E-state index is 5.84. The number of hydrogen-bond donors (Lipinski definition) is 2. The highest BCUT2D eigenvalue weighted by atomic mass is 15.1. The molecule has 0 bridgehead atoms. The second-order valence-corrected chi connectivity index (χ2v) is 5.21. The molecule has 0 aliphatic rings. The van der Waals surface area contributed by atoms with E-state index in [2.05, 4.69) is 37.1 Å². The number of nitrogens with two attached hydrogens (primary N) is 1. The first kappa shape index (κ1) is 13.0. The van der Waals surface area contributed by atoms with Crippen LogP contribution in [0.2, 0.25) is 0 Å². The fourth-order valence-corrected chi connectivity index (χ4v) is 1.94. The normalized spacial score (nSPS) is 14.9. The van der Waals surface area contributed by atoms with Gasteiger partial charge in [0.15, 0.2) is 0 Å². The molecule has 90 valence electrons. The standard InChI is InChI=1S/C13H23N3/c1-10(2)7-13(4,9-14)16-12-6-5-11(3)8-15-12/h5-6,8,10H,7,9,14H2,1-4H3,(H,15,16). The second kappa shape index (κ2) is 5.30. The van der Waals surface area contributed by atoms with Crippen LogP contribution in [-0.4, -0.2) is 17.1 Å². The monoisotopic (exact) mass is 221 g/mol. The smallest absolute Gasteiger partial charge is 0.126 e. The third kappa shape index (κ3) is 3.81. The van der Waals surface area contributed by atoms with Crippen molar-refractivity contribution in [3.05, 3.63) is 23.9 Å². The Morgan fingerprint density at radius 3 is 2.56 bits per heavy atom. The zero-order valence-electron chi connectivity index (χ0n) is 10.7. The number of nitrogens with zero attached hydrogens (tertiary/aromatic N) is 1. The molecule has 0 fully saturated rings. The molecule has 1 aromatic rings. The van der Waals surface area contributed by atoms with E-state index in [0.717, 1.165) is 12.2 Å². The number of anilines is 1. The van der Waals surface area contributed by atoms with E-state index in [9.17, 15) is 0 Å². The molecule has 0 radical (unpaired) electrons. The fraction of sp³-hybridized carbons (Fsp3) is 0.615. The summed E-state index contributed by atoms with van der Waals surface area (Å²) < 4.78 is 0. The van der Waals surface area contributed by atoms with E-state index in [4.69, 9.17) is 5.73 Å². The van der Waals surface area contributed by atoms with Crippen LogP contribution in [0, 0.1) is 12.8 Å². The molecular weight excluding hydrogens is 198 g/mol. The van der Waals surface area contributed by atoms with Gasteiger partial charge in [0.2, 0.25) is 0 Å². The van der Waals surface area contributed by atoms with Gasteiger partial charge in [0.25, 0.3) is 0 Å². The number of hydrogen-bond acceptors (Lipinski definition) is 3. The molecule has 0 saturated carbocycles. The first-order valence-electron chi connectivity index (χ1n) is 5.86. The number of aromatic nitrogens is 1. The Morgan fingerprint density at radius 2 is 2.12 bits per heavy atom. The van der Waals surface area contributed by atoms with Gasteiger partial charge in [0.05, 0.1) is 0 Å². The van der Waals surface area contributed by atoms with Gasteiger partial charge in [0.1, 0.15) is 5.82 Å². The van der Waals surface area contributed by atoms with Gasteiger partial charge in [0, 0.05) is 18.3 Å². The van der Waals surface area contributed by atoms with E-state index < -0.39 is 0 Å². The molecule has 1 heterocycles. The Kier molecular flexibility index (Phi) is 4.30. The molecule has 1 unspecified atom stereocenters. The minimum atomic E-state index is -0.0730. The molecule has 16 heavy (non-hydrogen) atoms. The van der Waals surface area contributed by atoms with Gasteiger partial charge in [-0.05, 0) is 37.8 Å². The molecule has 0 aromatic carbocycles. The Hall–Kier alpha value is -1.09. The van der Waals surface area contributed by atoms with Gasteiger partial charge in [-0.2, -0.15) is 0 Å². The van der Waals surface area contributed by atoms with Gasteiger partial charge in [-0.3, -0.25) is 0 Å². The molecule has 0 saturated heterocycles. The number of aryl methyl sites for hydroxylation is 1. The molecule has 1 atom stereocenters. The minimum absolute atomic E-state index is 0.0730. The Morgan fingerprint density at radius 1 is 1.44 bits per heavy atom. The molecule has 1 aromatic heterocycles. The molecule has 3 nitrogen and oxygen atoms in total. The maximum absolute atomic E-state index is 5.84. The van der Waals surface area contributed by atoms with Crippen molar-refractivity contribution in [1.82, 2.24) is 4.98 Å². The quantitative estimate of drug-likeness (QED) is 0.803. The summed E-state index contributed by atoms with van der Waals surface area (Å²) >= 11 is 0. The third-order valence-corrected chi connectivity index (χ3v) is 2.65. The summed E-state index contributed by atoms with van der Waals surface area (Å²) in [5, 5.41) is 3.43. The van der Waals surface area contributed by atoms with E-state index in [0.29, 0.717) is 12.5 Å². The summed E-state index contributed by atoms with van der Waals surface area (Å²) in [4.78, 5) is 4.35. The van der Waals surface area contributed by atoms with Gasteiger partial charge in [-0.1, -0.05) is 19.9 Å². The van der Waals surface area contributed by atoms with E-state index in [1.54, 1.807) is 0 Å². The summed E-state index contributed by atoms with van der Waals surface area (Å²) in [6, 6.07) is 4.06. The lowest BCUT2D eigenvalue weighted by Crippen LogP contribution is -2.43. The lowest BCUT2D eigenvalue weighted by Gasteiger charge is -2.31. The molecule has 0 aliphatic heterocycles. The minimum Gasteiger partial charge on any atom is -0.364 e. The predicted molar refractivity (Wildman–Crippen MR) is 69.5 cm³/mol. The predicted octanol–water partition coefficient (Wildman–Crippen LogP) is 2.57. The SMILES string of the molecule is Cc1ccc(NC(C)(CN)CC(C)C)nc1. The van der Waals surface area contributed by atoms with Crippen molar-refractivity contribution in [2.45, 2.75) is 39.7 Å². The Balaban J connectivity index is 2.72. The largest absolute Gasteiger partial charge is 0.364 e. The van der Waals surface area contributed by atoms with Crippen LogP contribution in [-0.2, 0) is 0 Å². The summed E-state index contributed by atoms with van der Waals surface area (Å²) in [6.45, 7) is 9.21. The average Bonchev–Trinajstić information content (AvgIpc) is 2.20. The molecule has 0 amide bonds. The lowest BCUT2D eigenvalue weighted by atomic mass is 9.91. The molecule has 3 heteroatoms. The summed E-state index contributed by atoms with van der Waals surface area (Å²) in [5.41, 5.74) is 6.94. The first-order valence-corrected chi connectivity index (χ1v) is 5.86. The number of nitrogens with one attached hydrogen (secondary N) is 1. The van der Waals surface area contributed by atoms with Crippen LogP contribution in [0.1, 0.15) is 32.8 Å². The average molecular weight is 221 g/mol. The van der Waals surface area contributed by atoms with Gasteiger partial charge in [-0.25, -0.2) is 4.98 Å². The Bertz CT molecular complexity index is 318. The van der Waals surface area contributed by atoms with Gasteiger partial charge in [-0.15, -0.1) is 0 Å². The summed E-state index contributed by atoms with van der Waals surface area (Å²) in [5.74, 6) is 1.52. The molecule has 3 N–H and O–H groups in total.